The van der Waals surface area contributed by atoms with Gasteiger partial charge in [0.2, 0.25) is 0 Å². The first-order chi connectivity index (χ1) is 8.06. The van der Waals surface area contributed by atoms with Gasteiger partial charge in [-0.1, -0.05) is 0 Å². The molecule has 0 atom stereocenters. The van der Waals surface area contributed by atoms with E-state index in [9.17, 15) is 9.18 Å². The maximum absolute atomic E-state index is 13.4. The van der Waals surface area contributed by atoms with E-state index in [1.54, 1.807) is 6.92 Å². The molecule has 0 unspecified atom stereocenters. The Labute approximate surface area is 96.4 Å². The fraction of sp³-hybridized carbons (Fsp3) is 0.0909. The summed E-state index contributed by atoms with van der Waals surface area (Å²) in [6.07, 6.45) is 1.38. The number of oxazole rings is 1. The Hall–Kier alpha value is -2.37. The maximum Gasteiger partial charge on any atom is 0.301 e. The zero-order valence-corrected chi connectivity index (χ0v) is 9.03. The monoisotopic (exact) mass is 235 g/mol. The molecule has 1 aromatic heterocycles. The van der Waals surface area contributed by atoms with E-state index < -0.39 is 11.7 Å². The van der Waals surface area contributed by atoms with E-state index in [2.05, 4.69) is 10.3 Å². The molecule has 0 aliphatic rings. The second-order valence-corrected chi connectivity index (χ2v) is 3.49. The van der Waals surface area contributed by atoms with E-state index in [0.717, 1.165) is 6.07 Å². The highest BCUT2D eigenvalue weighted by atomic mass is 19.1. The van der Waals surface area contributed by atoms with Crippen LogP contribution in [0.4, 0.5) is 16.1 Å². The molecule has 1 heterocycles. The zero-order valence-electron chi connectivity index (χ0n) is 9.03. The standard InChI is InChI=1S/C11H10FN3O2/c1-6-5-17-11(14-6)15-10(16)8-3-2-7(13)4-9(8)12/h2-5H,13H2,1H3,(H,14,15,16). The van der Waals surface area contributed by atoms with Crippen molar-refractivity contribution < 1.29 is 13.6 Å². The summed E-state index contributed by atoms with van der Waals surface area (Å²) >= 11 is 0. The van der Waals surface area contributed by atoms with Crippen LogP contribution in [0.15, 0.2) is 28.9 Å². The number of benzene rings is 1. The number of rotatable bonds is 2. The van der Waals surface area contributed by atoms with Crippen molar-refractivity contribution in [3.8, 4) is 0 Å². The summed E-state index contributed by atoms with van der Waals surface area (Å²) in [5.41, 5.74) is 6.14. The SMILES string of the molecule is Cc1coc(NC(=O)c2ccc(N)cc2F)n1. The zero-order chi connectivity index (χ0) is 12.4. The lowest BCUT2D eigenvalue weighted by Crippen LogP contribution is -2.14. The number of halogens is 1. The number of nitrogen functional groups attached to an aromatic ring is 1. The molecule has 1 aromatic carbocycles. The number of hydrogen-bond acceptors (Lipinski definition) is 4. The van der Waals surface area contributed by atoms with Crippen LogP contribution in [0.2, 0.25) is 0 Å². The lowest BCUT2D eigenvalue weighted by atomic mass is 10.2. The number of amides is 1. The van der Waals surface area contributed by atoms with Crippen LogP contribution in [0.25, 0.3) is 0 Å². The number of nitrogens with zero attached hydrogens (tertiary/aromatic N) is 1. The van der Waals surface area contributed by atoms with Gasteiger partial charge in [-0.2, -0.15) is 4.98 Å². The highest BCUT2D eigenvalue weighted by molar-refractivity contribution is 6.03. The van der Waals surface area contributed by atoms with Gasteiger partial charge in [0.15, 0.2) is 0 Å². The van der Waals surface area contributed by atoms with E-state index in [4.69, 9.17) is 10.2 Å². The number of aryl methyl sites for hydroxylation is 1. The van der Waals surface area contributed by atoms with Crippen LogP contribution in [-0.2, 0) is 0 Å². The molecule has 2 aromatic rings. The lowest BCUT2D eigenvalue weighted by Gasteiger charge is -2.03. The van der Waals surface area contributed by atoms with Gasteiger partial charge in [0.1, 0.15) is 12.1 Å². The molecule has 1 amide bonds. The third-order valence-corrected chi connectivity index (χ3v) is 2.08. The van der Waals surface area contributed by atoms with Gasteiger partial charge in [0.25, 0.3) is 5.91 Å². The first kappa shape index (κ1) is 11.1. The molecule has 0 radical (unpaired) electrons. The molecule has 0 saturated carbocycles. The van der Waals surface area contributed by atoms with Gasteiger partial charge in [0, 0.05) is 5.69 Å². The summed E-state index contributed by atoms with van der Waals surface area (Å²) < 4.78 is 18.3. The highest BCUT2D eigenvalue weighted by Gasteiger charge is 2.14. The van der Waals surface area contributed by atoms with Gasteiger partial charge < -0.3 is 10.2 Å². The summed E-state index contributed by atoms with van der Waals surface area (Å²) in [5.74, 6) is -1.32. The fourth-order valence-electron chi connectivity index (χ4n) is 1.29. The van der Waals surface area contributed by atoms with Crippen LogP contribution in [0, 0.1) is 12.7 Å². The first-order valence-electron chi connectivity index (χ1n) is 4.85. The topological polar surface area (TPSA) is 81.2 Å². The molecule has 0 bridgehead atoms. The van der Waals surface area contributed by atoms with Crippen LogP contribution in [-0.4, -0.2) is 10.9 Å². The number of hydrogen-bond donors (Lipinski definition) is 2. The van der Waals surface area contributed by atoms with Gasteiger partial charge in [-0.15, -0.1) is 0 Å². The predicted molar refractivity (Wildman–Crippen MR) is 60.0 cm³/mol. The Morgan fingerprint density at radius 1 is 1.53 bits per heavy atom. The van der Waals surface area contributed by atoms with E-state index in [1.165, 1.54) is 18.4 Å². The van der Waals surface area contributed by atoms with Crippen molar-refractivity contribution in [2.75, 3.05) is 11.1 Å². The Balaban J connectivity index is 2.20. The molecule has 0 fully saturated rings. The van der Waals surface area contributed by atoms with Crippen molar-refractivity contribution in [2.45, 2.75) is 6.92 Å². The minimum atomic E-state index is -0.689. The van der Waals surface area contributed by atoms with Crippen LogP contribution < -0.4 is 11.1 Å². The minimum Gasteiger partial charge on any atom is -0.432 e. The highest BCUT2D eigenvalue weighted by Crippen LogP contribution is 2.14. The molecule has 5 nitrogen and oxygen atoms in total. The van der Waals surface area contributed by atoms with Crippen LogP contribution in [0.3, 0.4) is 0 Å². The van der Waals surface area contributed by atoms with Gasteiger partial charge in [0.05, 0.1) is 11.3 Å². The van der Waals surface area contributed by atoms with Crippen LogP contribution in [0.1, 0.15) is 16.1 Å². The molecule has 0 aliphatic carbocycles. The molecule has 2 rings (SSSR count). The van der Waals surface area contributed by atoms with Crippen molar-refractivity contribution in [3.05, 3.63) is 41.5 Å². The molecule has 88 valence electrons. The van der Waals surface area contributed by atoms with Crippen molar-refractivity contribution in [3.63, 3.8) is 0 Å². The van der Waals surface area contributed by atoms with Gasteiger partial charge >= 0.3 is 6.01 Å². The van der Waals surface area contributed by atoms with Crippen molar-refractivity contribution in [1.29, 1.82) is 0 Å². The van der Waals surface area contributed by atoms with Crippen molar-refractivity contribution in [1.82, 2.24) is 4.98 Å². The molecular formula is C11H10FN3O2. The molecule has 17 heavy (non-hydrogen) atoms. The Bertz CT molecular complexity index is 566. The Morgan fingerprint density at radius 3 is 2.88 bits per heavy atom. The normalized spacial score (nSPS) is 10.2. The summed E-state index contributed by atoms with van der Waals surface area (Å²) in [4.78, 5) is 15.5. The summed E-state index contributed by atoms with van der Waals surface area (Å²) in [7, 11) is 0. The molecular weight excluding hydrogens is 225 g/mol. The van der Waals surface area contributed by atoms with Crippen molar-refractivity contribution >= 4 is 17.6 Å². The second kappa shape index (κ2) is 4.25. The summed E-state index contributed by atoms with van der Waals surface area (Å²) in [5, 5.41) is 2.34. The van der Waals surface area contributed by atoms with E-state index >= 15 is 0 Å². The number of aromatic nitrogens is 1. The second-order valence-electron chi connectivity index (χ2n) is 3.49. The quantitative estimate of drug-likeness (QED) is 0.779. The Morgan fingerprint density at radius 2 is 2.29 bits per heavy atom. The molecule has 3 N–H and O–H groups in total. The molecule has 0 saturated heterocycles. The molecule has 0 aliphatic heterocycles. The predicted octanol–water partition coefficient (Wildman–Crippen LogP) is 1.96. The van der Waals surface area contributed by atoms with Gasteiger partial charge in [-0.05, 0) is 25.1 Å². The molecule has 6 heteroatoms. The fourth-order valence-corrected chi connectivity index (χ4v) is 1.29. The number of carbonyl (C=O) groups excluding carboxylic acids is 1. The first-order valence-corrected chi connectivity index (χ1v) is 4.85. The smallest absolute Gasteiger partial charge is 0.301 e. The number of nitrogens with one attached hydrogen (secondary N) is 1. The van der Waals surface area contributed by atoms with Crippen LogP contribution >= 0.6 is 0 Å². The van der Waals surface area contributed by atoms with E-state index in [0.29, 0.717) is 5.69 Å². The van der Waals surface area contributed by atoms with E-state index in [-0.39, 0.29) is 17.3 Å². The summed E-state index contributed by atoms with van der Waals surface area (Å²) in [6.45, 7) is 1.71. The lowest BCUT2D eigenvalue weighted by molar-refractivity contribution is 0.102. The molecule has 0 spiro atoms. The maximum atomic E-state index is 13.4. The third kappa shape index (κ3) is 2.41. The number of nitrogens with two attached hydrogens (primary N) is 1. The van der Waals surface area contributed by atoms with Crippen molar-refractivity contribution in [2.24, 2.45) is 0 Å². The average Bonchev–Trinajstić information content (AvgIpc) is 2.63. The Kier molecular flexibility index (Phi) is 2.78. The minimum absolute atomic E-state index is 0.0312. The van der Waals surface area contributed by atoms with E-state index in [1.807, 2.05) is 0 Å². The summed E-state index contributed by atoms with van der Waals surface area (Å²) in [6, 6.07) is 3.85. The largest absolute Gasteiger partial charge is 0.432 e. The van der Waals surface area contributed by atoms with Gasteiger partial charge in [-0.3, -0.25) is 10.1 Å². The average molecular weight is 235 g/mol. The third-order valence-electron chi connectivity index (χ3n) is 2.08. The van der Waals surface area contributed by atoms with Gasteiger partial charge in [-0.25, -0.2) is 4.39 Å². The number of anilines is 2. The van der Waals surface area contributed by atoms with Crippen LogP contribution in [0.5, 0.6) is 0 Å². The number of carbonyl (C=O) groups is 1.